The number of rotatable bonds is 8. The van der Waals surface area contributed by atoms with E-state index in [1.165, 1.54) is 16.4 Å². The number of nitrogens with zero attached hydrogens (tertiary/aromatic N) is 1. The fourth-order valence-corrected chi connectivity index (χ4v) is 4.93. The fourth-order valence-electron chi connectivity index (χ4n) is 3.52. The Kier molecular flexibility index (Phi) is 6.55. The van der Waals surface area contributed by atoms with Crippen molar-refractivity contribution in [2.24, 2.45) is 0 Å². The number of carbonyl (C=O) groups is 1. The van der Waals surface area contributed by atoms with E-state index in [9.17, 15) is 13.2 Å². The van der Waals surface area contributed by atoms with Crippen LogP contribution >= 0.6 is 0 Å². The summed E-state index contributed by atoms with van der Waals surface area (Å²) in [5.41, 5.74) is 2.22. The van der Waals surface area contributed by atoms with Crippen LogP contribution < -0.4 is 10.1 Å². The van der Waals surface area contributed by atoms with Crippen molar-refractivity contribution in [1.82, 2.24) is 14.6 Å². The third kappa shape index (κ3) is 5.07. The standard InChI is InChI=1S/C22H25N3O5S/c26-22(23-10-9-17-15-24-21-4-2-1-3-20(17)21)16-30-18-5-7-19(8-6-18)31(27,28)25-11-13-29-14-12-25/h1-8,15,24H,9-14,16H2,(H,23,26). The minimum atomic E-state index is -3.54. The maximum atomic E-state index is 12.6. The summed E-state index contributed by atoms with van der Waals surface area (Å²) in [5.74, 6) is 0.206. The molecular formula is C22H25N3O5S. The molecule has 3 aromatic rings. The van der Waals surface area contributed by atoms with Gasteiger partial charge in [0.05, 0.1) is 18.1 Å². The minimum Gasteiger partial charge on any atom is -0.484 e. The van der Waals surface area contributed by atoms with Crippen molar-refractivity contribution in [1.29, 1.82) is 0 Å². The van der Waals surface area contributed by atoms with Crippen LogP contribution in [0.25, 0.3) is 10.9 Å². The van der Waals surface area contributed by atoms with E-state index < -0.39 is 10.0 Å². The molecule has 2 heterocycles. The molecule has 1 saturated heterocycles. The zero-order chi connectivity index (χ0) is 21.7. The Hall–Kier alpha value is -2.88. The number of aromatic nitrogens is 1. The highest BCUT2D eigenvalue weighted by Gasteiger charge is 2.26. The molecule has 1 amide bonds. The molecule has 0 spiro atoms. The number of sulfonamides is 1. The van der Waals surface area contributed by atoms with Crippen LogP contribution in [0.5, 0.6) is 5.75 Å². The highest BCUT2D eigenvalue weighted by Crippen LogP contribution is 2.20. The predicted molar refractivity (Wildman–Crippen MR) is 117 cm³/mol. The van der Waals surface area contributed by atoms with Crippen LogP contribution in [0.15, 0.2) is 59.6 Å². The van der Waals surface area contributed by atoms with E-state index in [1.54, 1.807) is 12.1 Å². The Labute approximate surface area is 181 Å². The molecule has 0 unspecified atom stereocenters. The highest BCUT2D eigenvalue weighted by atomic mass is 32.2. The second-order valence-corrected chi connectivity index (χ2v) is 9.17. The van der Waals surface area contributed by atoms with Crippen LogP contribution in [0.3, 0.4) is 0 Å². The summed E-state index contributed by atoms with van der Waals surface area (Å²) in [6, 6.07) is 14.1. The van der Waals surface area contributed by atoms with Crippen molar-refractivity contribution in [2.75, 3.05) is 39.5 Å². The molecule has 0 bridgehead atoms. The second-order valence-electron chi connectivity index (χ2n) is 7.24. The summed E-state index contributed by atoms with van der Waals surface area (Å²) < 4.78 is 37.4. The number of hydrogen-bond acceptors (Lipinski definition) is 5. The Balaban J connectivity index is 1.24. The maximum Gasteiger partial charge on any atom is 0.257 e. The Bertz CT molecular complexity index is 1140. The molecular weight excluding hydrogens is 418 g/mol. The van der Waals surface area contributed by atoms with E-state index in [-0.39, 0.29) is 17.4 Å². The Morgan fingerprint density at radius 3 is 2.61 bits per heavy atom. The number of ether oxygens (including phenoxy) is 2. The summed E-state index contributed by atoms with van der Waals surface area (Å²) in [6.45, 7) is 1.86. The maximum absolute atomic E-state index is 12.6. The molecule has 0 atom stereocenters. The lowest BCUT2D eigenvalue weighted by Gasteiger charge is -2.26. The number of carbonyl (C=O) groups excluding carboxylic acids is 1. The molecule has 2 aromatic carbocycles. The number of aromatic amines is 1. The van der Waals surface area contributed by atoms with Crippen LogP contribution in [-0.2, 0) is 26.0 Å². The SMILES string of the molecule is O=C(COc1ccc(S(=O)(=O)N2CCOCC2)cc1)NCCc1c[nH]c2ccccc12. The molecule has 0 saturated carbocycles. The third-order valence-corrected chi connectivity index (χ3v) is 7.11. The van der Waals surface area contributed by atoms with Gasteiger partial charge in [-0.05, 0) is 42.3 Å². The zero-order valence-corrected chi connectivity index (χ0v) is 17.9. The average molecular weight is 444 g/mol. The van der Waals surface area contributed by atoms with E-state index in [0.29, 0.717) is 45.0 Å². The van der Waals surface area contributed by atoms with Crippen molar-refractivity contribution in [3.63, 3.8) is 0 Å². The molecule has 8 nitrogen and oxygen atoms in total. The molecule has 0 radical (unpaired) electrons. The second kappa shape index (κ2) is 9.51. The molecule has 31 heavy (non-hydrogen) atoms. The van der Waals surface area contributed by atoms with Gasteiger partial charge in [-0.25, -0.2) is 8.42 Å². The first kappa shape index (κ1) is 21.4. The van der Waals surface area contributed by atoms with Gasteiger partial charge in [0.2, 0.25) is 10.0 Å². The monoisotopic (exact) mass is 443 g/mol. The normalized spacial score (nSPS) is 15.1. The molecule has 2 N–H and O–H groups in total. The quantitative estimate of drug-likeness (QED) is 0.554. The first-order valence-electron chi connectivity index (χ1n) is 10.2. The number of benzene rings is 2. The van der Waals surface area contributed by atoms with Crippen LogP contribution in [0.2, 0.25) is 0 Å². The number of fused-ring (bicyclic) bond motifs is 1. The van der Waals surface area contributed by atoms with Crippen LogP contribution in [0, 0.1) is 0 Å². The summed E-state index contributed by atoms with van der Waals surface area (Å²) >= 11 is 0. The van der Waals surface area contributed by atoms with Crippen molar-refractivity contribution in [3.8, 4) is 5.75 Å². The van der Waals surface area contributed by atoms with Crippen molar-refractivity contribution in [3.05, 3.63) is 60.3 Å². The first-order chi connectivity index (χ1) is 15.0. The smallest absolute Gasteiger partial charge is 0.257 e. The van der Waals surface area contributed by atoms with Gasteiger partial charge in [0.1, 0.15) is 5.75 Å². The van der Waals surface area contributed by atoms with Crippen molar-refractivity contribution in [2.45, 2.75) is 11.3 Å². The van der Waals surface area contributed by atoms with Gasteiger partial charge in [-0.15, -0.1) is 0 Å². The summed E-state index contributed by atoms with van der Waals surface area (Å²) in [6.07, 6.45) is 2.67. The van der Waals surface area contributed by atoms with Crippen molar-refractivity contribution >= 4 is 26.8 Å². The lowest BCUT2D eigenvalue weighted by Crippen LogP contribution is -2.40. The number of morpholine rings is 1. The molecule has 164 valence electrons. The Morgan fingerprint density at radius 2 is 1.84 bits per heavy atom. The van der Waals surface area contributed by atoms with E-state index in [1.807, 2.05) is 24.4 Å². The van der Waals surface area contributed by atoms with E-state index in [4.69, 9.17) is 9.47 Å². The van der Waals surface area contributed by atoms with E-state index >= 15 is 0 Å². The van der Waals surface area contributed by atoms with Crippen LogP contribution in [0.4, 0.5) is 0 Å². The third-order valence-electron chi connectivity index (χ3n) is 5.19. The van der Waals surface area contributed by atoms with Gasteiger partial charge in [0.25, 0.3) is 5.91 Å². The molecule has 1 fully saturated rings. The number of H-pyrrole nitrogens is 1. The lowest BCUT2D eigenvalue weighted by molar-refractivity contribution is -0.123. The zero-order valence-electron chi connectivity index (χ0n) is 17.0. The first-order valence-corrected chi connectivity index (χ1v) is 11.6. The number of hydrogen-bond donors (Lipinski definition) is 2. The lowest BCUT2D eigenvalue weighted by atomic mass is 10.1. The van der Waals surface area contributed by atoms with Gasteiger partial charge in [0, 0.05) is 36.7 Å². The average Bonchev–Trinajstić information content (AvgIpc) is 3.22. The predicted octanol–water partition coefficient (Wildman–Crippen LogP) is 1.93. The highest BCUT2D eigenvalue weighted by molar-refractivity contribution is 7.89. The number of nitrogens with one attached hydrogen (secondary N) is 2. The molecule has 1 aliphatic heterocycles. The van der Waals surface area contributed by atoms with E-state index in [0.717, 1.165) is 16.5 Å². The van der Waals surface area contributed by atoms with Gasteiger partial charge < -0.3 is 19.8 Å². The Morgan fingerprint density at radius 1 is 1.10 bits per heavy atom. The van der Waals surface area contributed by atoms with Gasteiger partial charge in [-0.1, -0.05) is 18.2 Å². The largest absolute Gasteiger partial charge is 0.484 e. The topological polar surface area (TPSA) is 101 Å². The number of para-hydroxylation sites is 1. The van der Waals surface area contributed by atoms with Gasteiger partial charge >= 0.3 is 0 Å². The van der Waals surface area contributed by atoms with E-state index in [2.05, 4.69) is 16.4 Å². The minimum absolute atomic E-state index is 0.135. The fraction of sp³-hybridized carbons (Fsp3) is 0.318. The molecule has 4 rings (SSSR count). The number of amides is 1. The summed E-state index contributed by atoms with van der Waals surface area (Å²) in [5, 5.41) is 4.00. The molecule has 9 heteroatoms. The summed E-state index contributed by atoms with van der Waals surface area (Å²) in [7, 11) is -3.54. The molecule has 1 aromatic heterocycles. The van der Waals surface area contributed by atoms with Gasteiger partial charge in [0.15, 0.2) is 6.61 Å². The van der Waals surface area contributed by atoms with Gasteiger partial charge in [-0.2, -0.15) is 4.31 Å². The van der Waals surface area contributed by atoms with Gasteiger partial charge in [-0.3, -0.25) is 4.79 Å². The molecule has 1 aliphatic rings. The molecule has 0 aliphatic carbocycles. The van der Waals surface area contributed by atoms with Crippen molar-refractivity contribution < 1.29 is 22.7 Å². The van der Waals surface area contributed by atoms with Crippen LogP contribution in [-0.4, -0.2) is 63.1 Å². The summed E-state index contributed by atoms with van der Waals surface area (Å²) in [4.78, 5) is 15.5. The van der Waals surface area contributed by atoms with Crippen LogP contribution in [0.1, 0.15) is 5.56 Å².